The number of carbonyl (C=O) groups is 1. The first-order valence-electron chi connectivity index (χ1n) is 11.1. The van der Waals surface area contributed by atoms with Gasteiger partial charge in [-0.15, -0.1) is 24.0 Å². The number of aliphatic imine (C=N–C) groups is 1. The Morgan fingerprint density at radius 3 is 2.41 bits per heavy atom. The molecule has 1 aliphatic heterocycles. The first-order chi connectivity index (χ1) is 15.1. The van der Waals surface area contributed by atoms with Gasteiger partial charge in [0, 0.05) is 39.3 Å². The number of hydrogen-bond acceptors (Lipinski definition) is 4. The number of guanidine groups is 1. The number of rotatable bonds is 8. The van der Waals surface area contributed by atoms with Gasteiger partial charge >= 0.3 is 0 Å². The molecule has 2 aromatic rings. The molecule has 1 saturated heterocycles. The molecule has 1 fully saturated rings. The number of aromatic nitrogens is 1. The third-order valence-corrected chi connectivity index (χ3v) is 5.38. The second-order valence-electron chi connectivity index (χ2n) is 8.02. The van der Waals surface area contributed by atoms with Crippen molar-refractivity contribution in [2.45, 2.75) is 45.7 Å². The minimum absolute atomic E-state index is 0. The van der Waals surface area contributed by atoms with Crippen molar-refractivity contribution in [3.63, 3.8) is 0 Å². The number of halogens is 1. The number of benzene rings is 1. The fourth-order valence-corrected chi connectivity index (χ4v) is 3.59. The van der Waals surface area contributed by atoms with Crippen molar-refractivity contribution in [2.75, 3.05) is 32.0 Å². The summed E-state index contributed by atoms with van der Waals surface area (Å²) in [7, 11) is 1.73. The molecule has 0 aliphatic carbocycles. The van der Waals surface area contributed by atoms with Crippen LogP contribution in [0.4, 0.5) is 5.82 Å². The van der Waals surface area contributed by atoms with Crippen molar-refractivity contribution < 1.29 is 4.79 Å². The molecule has 7 nitrogen and oxygen atoms in total. The molecule has 0 unspecified atom stereocenters. The Kier molecular flexibility index (Phi) is 11.4. The summed E-state index contributed by atoms with van der Waals surface area (Å²) in [6.07, 6.45) is 6.07. The van der Waals surface area contributed by atoms with Gasteiger partial charge in [-0.05, 0) is 55.6 Å². The number of aryl methyl sites for hydroxylation is 1. The van der Waals surface area contributed by atoms with E-state index in [0.29, 0.717) is 31.3 Å². The Balaban J connectivity index is 0.00000363. The number of amides is 1. The SMILES string of the molecule is CN=C(NCCC(=O)Nc1ccc(C)cn1)NCc1ccc(CN2CCCCC2)cc1.I. The number of pyridine rings is 1. The summed E-state index contributed by atoms with van der Waals surface area (Å²) in [4.78, 5) is 23.0. The minimum Gasteiger partial charge on any atom is -0.356 e. The van der Waals surface area contributed by atoms with Crippen molar-refractivity contribution >= 4 is 41.7 Å². The Morgan fingerprint density at radius 2 is 1.75 bits per heavy atom. The normalized spacial score (nSPS) is 14.4. The van der Waals surface area contributed by atoms with E-state index in [0.717, 1.165) is 12.1 Å². The van der Waals surface area contributed by atoms with Crippen molar-refractivity contribution in [3.8, 4) is 0 Å². The molecule has 1 aromatic heterocycles. The lowest BCUT2D eigenvalue weighted by Crippen LogP contribution is -2.38. The molecule has 2 heterocycles. The molecular formula is C24H35IN6O. The van der Waals surface area contributed by atoms with Crippen LogP contribution < -0.4 is 16.0 Å². The summed E-state index contributed by atoms with van der Waals surface area (Å²) >= 11 is 0. The highest BCUT2D eigenvalue weighted by atomic mass is 127. The molecule has 1 aromatic carbocycles. The van der Waals surface area contributed by atoms with Crippen LogP contribution in [-0.2, 0) is 17.9 Å². The standard InChI is InChI=1S/C24H34N6O.HI/c1-19-6-11-22(27-16-19)29-23(31)12-13-26-24(25-2)28-17-20-7-9-21(10-8-20)18-30-14-4-3-5-15-30;/h6-11,16H,3-5,12-15,17-18H2,1-2H3,(H2,25,26,28)(H,27,29,31);1H. The van der Waals surface area contributed by atoms with E-state index in [1.165, 1.54) is 43.5 Å². The van der Waals surface area contributed by atoms with Gasteiger partial charge in [0.05, 0.1) is 0 Å². The number of carbonyl (C=O) groups excluding carboxylic acids is 1. The van der Waals surface area contributed by atoms with Crippen molar-refractivity contribution in [1.29, 1.82) is 0 Å². The van der Waals surface area contributed by atoms with Crippen LogP contribution in [0.15, 0.2) is 47.6 Å². The predicted molar refractivity (Wildman–Crippen MR) is 141 cm³/mol. The van der Waals surface area contributed by atoms with Gasteiger partial charge < -0.3 is 16.0 Å². The Morgan fingerprint density at radius 1 is 1.03 bits per heavy atom. The molecule has 0 saturated carbocycles. The van der Waals surface area contributed by atoms with E-state index in [-0.39, 0.29) is 29.9 Å². The molecule has 0 spiro atoms. The van der Waals surface area contributed by atoms with E-state index < -0.39 is 0 Å². The zero-order valence-electron chi connectivity index (χ0n) is 19.1. The third-order valence-electron chi connectivity index (χ3n) is 5.38. The Labute approximate surface area is 208 Å². The van der Waals surface area contributed by atoms with E-state index in [9.17, 15) is 4.79 Å². The lowest BCUT2D eigenvalue weighted by atomic mass is 10.1. The maximum Gasteiger partial charge on any atom is 0.227 e. The quantitative estimate of drug-likeness (QED) is 0.266. The van der Waals surface area contributed by atoms with Crippen LogP contribution in [0.3, 0.4) is 0 Å². The lowest BCUT2D eigenvalue weighted by molar-refractivity contribution is -0.116. The summed E-state index contributed by atoms with van der Waals surface area (Å²) in [5, 5.41) is 9.28. The Hall–Kier alpha value is -2.20. The first kappa shape index (κ1) is 26.1. The van der Waals surface area contributed by atoms with Crippen LogP contribution in [0.25, 0.3) is 0 Å². The fourth-order valence-electron chi connectivity index (χ4n) is 3.59. The van der Waals surface area contributed by atoms with Crippen LogP contribution in [-0.4, -0.2) is 48.4 Å². The molecule has 0 bridgehead atoms. The highest BCUT2D eigenvalue weighted by Gasteiger charge is 2.10. The molecule has 8 heteroatoms. The van der Waals surface area contributed by atoms with Crippen molar-refractivity contribution in [3.05, 3.63) is 59.3 Å². The summed E-state index contributed by atoms with van der Waals surface area (Å²) < 4.78 is 0. The van der Waals surface area contributed by atoms with E-state index in [2.05, 4.69) is 55.1 Å². The number of nitrogens with one attached hydrogen (secondary N) is 3. The van der Waals surface area contributed by atoms with E-state index in [4.69, 9.17) is 0 Å². The van der Waals surface area contributed by atoms with Crippen LogP contribution in [0.2, 0.25) is 0 Å². The van der Waals surface area contributed by atoms with Gasteiger partial charge in [0.25, 0.3) is 0 Å². The smallest absolute Gasteiger partial charge is 0.227 e. The highest BCUT2D eigenvalue weighted by Crippen LogP contribution is 2.13. The van der Waals surface area contributed by atoms with Gasteiger partial charge in [-0.2, -0.15) is 0 Å². The predicted octanol–water partition coefficient (Wildman–Crippen LogP) is 3.69. The lowest BCUT2D eigenvalue weighted by Gasteiger charge is -2.26. The molecule has 1 aliphatic rings. The van der Waals surface area contributed by atoms with Gasteiger partial charge in [-0.1, -0.05) is 36.8 Å². The maximum atomic E-state index is 12.1. The zero-order valence-corrected chi connectivity index (χ0v) is 21.4. The first-order valence-corrected chi connectivity index (χ1v) is 11.1. The van der Waals surface area contributed by atoms with E-state index >= 15 is 0 Å². The summed E-state index contributed by atoms with van der Waals surface area (Å²) in [6, 6.07) is 12.5. The minimum atomic E-state index is -0.0800. The van der Waals surface area contributed by atoms with Gasteiger partial charge in [-0.3, -0.25) is 14.7 Å². The summed E-state index contributed by atoms with van der Waals surface area (Å²) in [6.45, 7) is 6.60. The van der Waals surface area contributed by atoms with Crippen LogP contribution in [0.1, 0.15) is 42.4 Å². The molecule has 174 valence electrons. The molecule has 1 amide bonds. The van der Waals surface area contributed by atoms with Gasteiger partial charge in [0.1, 0.15) is 5.82 Å². The van der Waals surface area contributed by atoms with Crippen LogP contribution in [0, 0.1) is 6.92 Å². The van der Waals surface area contributed by atoms with Gasteiger partial charge in [-0.25, -0.2) is 4.98 Å². The average Bonchev–Trinajstić information content (AvgIpc) is 2.79. The van der Waals surface area contributed by atoms with Crippen LogP contribution in [0.5, 0.6) is 0 Å². The molecular weight excluding hydrogens is 515 g/mol. The fraction of sp³-hybridized carbons (Fsp3) is 0.458. The number of nitrogens with zero attached hydrogens (tertiary/aromatic N) is 3. The van der Waals surface area contributed by atoms with E-state index in [1.54, 1.807) is 19.3 Å². The molecule has 32 heavy (non-hydrogen) atoms. The third kappa shape index (κ3) is 9.12. The van der Waals surface area contributed by atoms with Crippen molar-refractivity contribution in [1.82, 2.24) is 20.5 Å². The summed E-state index contributed by atoms with van der Waals surface area (Å²) in [5.74, 6) is 1.17. The van der Waals surface area contributed by atoms with Gasteiger partial charge in [0.2, 0.25) is 5.91 Å². The number of likely N-dealkylation sites (tertiary alicyclic amines) is 1. The molecule has 3 N–H and O–H groups in total. The Bertz CT molecular complexity index is 848. The zero-order chi connectivity index (χ0) is 21.9. The van der Waals surface area contributed by atoms with Gasteiger partial charge in [0.15, 0.2) is 5.96 Å². The molecule has 0 atom stereocenters. The van der Waals surface area contributed by atoms with E-state index in [1.807, 2.05) is 13.0 Å². The molecule has 3 rings (SSSR count). The second-order valence-corrected chi connectivity index (χ2v) is 8.02. The maximum absolute atomic E-state index is 12.1. The largest absolute Gasteiger partial charge is 0.356 e. The average molecular weight is 550 g/mol. The summed E-state index contributed by atoms with van der Waals surface area (Å²) in [5.41, 5.74) is 3.63. The number of piperidine rings is 1. The highest BCUT2D eigenvalue weighted by molar-refractivity contribution is 14.0. The number of anilines is 1. The monoisotopic (exact) mass is 550 g/mol. The topological polar surface area (TPSA) is 81.6 Å². The second kappa shape index (κ2) is 14.1. The van der Waals surface area contributed by atoms with Crippen LogP contribution >= 0.6 is 24.0 Å². The van der Waals surface area contributed by atoms with Crippen molar-refractivity contribution in [2.24, 2.45) is 4.99 Å². The molecule has 0 radical (unpaired) electrons. The number of hydrogen-bond donors (Lipinski definition) is 3.